The van der Waals surface area contributed by atoms with Crippen LogP contribution in [-0.2, 0) is 25.5 Å². The number of carboxylic acid groups (broad SMARTS) is 1. The van der Waals surface area contributed by atoms with E-state index in [1.54, 1.807) is 6.07 Å². The number of nitrogens with zero attached hydrogens (tertiary/aromatic N) is 1. The van der Waals surface area contributed by atoms with Gasteiger partial charge in [-0.15, -0.1) is 0 Å². The van der Waals surface area contributed by atoms with Crippen LogP contribution < -0.4 is 5.32 Å². The molecule has 0 aliphatic carbocycles. The second-order valence-electron chi connectivity index (χ2n) is 5.20. The molecule has 7 nitrogen and oxygen atoms in total. The van der Waals surface area contributed by atoms with E-state index in [9.17, 15) is 14.7 Å². The Hall–Kier alpha value is -2.51. The van der Waals surface area contributed by atoms with Gasteiger partial charge in [0, 0.05) is 24.6 Å². The number of carboxylic acids is 1. The monoisotopic (exact) mass is 332 g/mol. The number of hydrogen-bond acceptors (Lipinski definition) is 5. The summed E-state index contributed by atoms with van der Waals surface area (Å²) in [5.41, 5.74) is 1.38. The molecule has 128 valence electrons. The third kappa shape index (κ3) is 5.29. The smallest absolute Gasteiger partial charge is 0.326 e. The normalized spacial score (nSPS) is 12.0. The first-order valence-corrected chi connectivity index (χ1v) is 7.53. The third-order valence-corrected chi connectivity index (χ3v) is 3.37. The van der Waals surface area contributed by atoms with Crippen LogP contribution in [0.4, 0.5) is 0 Å². The van der Waals surface area contributed by atoms with Gasteiger partial charge in [-0.05, 0) is 12.1 Å². The predicted molar refractivity (Wildman–Crippen MR) is 87.7 cm³/mol. The number of aliphatic carboxylic acids is 1. The van der Waals surface area contributed by atoms with Crippen molar-refractivity contribution in [1.82, 2.24) is 10.3 Å². The highest BCUT2D eigenvalue weighted by atomic mass is 16.5. The van der Waals surface area contributed by atoms with Crippen LogP contribution >= 0.6 is 0 Å². The van der Waals surface area contributed by atoms with E-state index in [0.717, 1.165) is 10.9 Å². The van der Waals surface area contributed by atoms with Gasteiger partial charge in [0.05, 0.1) is 18.7 Å². The van der Waals surface area contributed by atoms with Crippen LogP contribution in [0.5, 0.6) is 0 Å². The molecule has 0 fully saturated rings. The fourth-order valence-electron chi connectivity index (χ4n) is 2.17. The van der Waals surface area contributed by atoms with Gasteiger partial charge in [0.1, 0.15) is 12.6 Å². The zero-order valence-corrected chi connectivity index (χ0v) is 13.4. The molecule has 24 heavy (non-hydrogen) atoms. The highest BCUT2D eigenvalue weighted by Gasteiger charge is 2.21. The number of para-hydroxylation sites is 1. The fraction of sp³-hybridized carbons (Fsp3) is 0.353. The predicted octanol–water partition coefficient (Wildman–Crippen LogP) is 1.01. The zero-order valence-electron chi connectivity index (χ0n) is 13.4. The Morgan fingerprint density at radius 3 is 2.75 bits per heavy atom. The molecule has 0 unspecified atom stereocenters. The molecule has 0 radical (unpaired) electrons. The highest BCUT2D eigenvalue weighted by Crippen LogP contribution is 2.13. The van der Waals surface area contributed by atoms with E-state index < -0.39 is 17.9 Å². The Morgan fingerprint density at radius 2 is 2.00 bits per heavy atom. The minimum absolute atomic E-state index is 0.101. The van der Waals surface area contributed by atoms with Crippen molar-refractivity contribution < 1.29 is 24.2 Å². The second kappa shape index (κ2) is 8.95. The molecular weight excluding hydrogens is 312 g/mol. The summed E-state index contributed by atoms with van der Waals surface area (Å²) in [6.45, 7) is 0.433. The number of carbonyl (C=O) groups is 2. The van der Waals surface area contributed by atoms with Crippen molar-refractivity contribution in [1.29, 1.82) is 0 Å². The summed E-state index contributed by atoms with van der Waals surface area (Å²) in [5, 5.41) is 12.7. The van der Waals surface area contributed by atoms with Crippen molar-refractivity contribution in [3.8, 4) is 0 Å². The molecule has 1 aromatic heterocycles. The van der Waals surface area contributed by atoms with Crippen molar-refractivity contribution in [2.45, 2.75) is 12.5 Å². The van der Waals surface area contributed by atoms with Gasteiger partial charge in [0.2, 0.25) is 5.91 Å². The number of rotatable bonds is 9. The van der Waals surface area contributed by atoms with E-state index in [1.165, 1.54) is 7.11 Å². The van der Waals surface area contributed by atoms with E-state index in [1.807, 2.05) is 30.3 Å². The lowest BCUT2D eigenvalue weighted by atomic mass is 10.1. The number of pyridine rings is 1. The third-order valence-electron chi connectivity index (χ3n) is 3.37. The minimum atomic E-state index is -1.12. The summed E-state index contributed by atoms with van der Waals surface area (Å²) in [6, 6.07) is 10.2. The fourth-order valence-corrected chi connectivity index (χ4v) is 2.17. The summed E-state index contributed by atoms with van der Waals surface area (Å²) < 4.78 is 9.88. The van der Waals surface area contributed by atoms with Crippen molar-refractivity contribution in [3.63, 3.8) is 0 Å². The lowest BCUT2D eigenvalue weighted by Crippen LogP contribution is -2.44. The lowest BCUT2D eigenvalue weighted by molar-refractivity contribution is -0.142. The number of methoxy groups -OCH3 is 1. The number of carbonyl (C=O) groups excluding carboxylic acids is 1. The van der Waals surface area contributed by atoms with Crippen molar-refractivity contribution in [2.75, 3.05) is 26.9 Å². The van der Waals surface area contributed by atoms with Gasteiger partial charge < -0.3 is 19.9 Å². The molecule has 2 aromatic rings. The Balaban J connectivity index is 1.96. The number of ether oxygens (including phenoxy) is 2. The average Bonchev–Trinajstić information content (AvgIpc) is 2.58. The van der Waals surface area contributed by atoms with E-state index >= 15 is 0 Å². The Labute approximate surface area is 139 Å². The number of nitrogens with one attached hydrogen (secondary N) is 1. The van der Waals surface area contributed by atoms with Crippen LogP contribution in [-0.4, -0.2) is 54.9 Å². The first-order valence-electron chi connectivity index (χ1n) is 7.53. The van der Waals surface area contributed by atoms with Crippen LogP contribution in [0.3, 0.4) is 0 Å². The molecule has 1 aromatic carbocycles. The number of amides is 1. The maximum Gasteiger partial charge on any atom is 0.326 e. The molecule has 0 aliphatic heterocycles. The van der Waals surface area contributed by atoms with Crippen molar-refractivity contribution >= 4 is 22.8 Å². The highest BCUT2D eigenvalue weighted by molar-refractivity contribution is 5.84. The van der Waals surface area contributed by atoms with Gasteiger partial charge in [-0.3, -0.25) is 9.78 Å². The first kappa shape index (κ1) is 17.8. The summed E-state index contributed by atoms with van der Waals surface area (Å²) in [6.07, 6.45) is 0.101. The van der Waals surface area contributed by atoms with Crippen LogP contribution in [0.2, 0.25) is 0 Å². The van der Waals surface area contributed by atoms with E-state index in [-0.39, 0.29) is 19.6 Å². The molecule has 0 saturated heterocycles. The lowest BCUT2D eigenvalue weighted by Gasteiger charge is -2.14. The molecule has 2 rings (SSSR count). The summed E-state index contributed by atoms with van der Waals surface area (Å²) in [4.78, 5) is 27.6. The van der Waals surface area contributed by atoms with E-state index in [4.69, 9.17) is 9.47 Å². The second-order valence-corrected chi connectivity index (χ2v) is 5.20. The van der Waals surface area contributed by atoms with Gasteiger partial charge in [-0.2, -0.15) is 0 Å². The van der Waals surface area contributed by atoms with E-state index in [0.29, 0.717) is 12.3 Å². The average molecular weight is 332 g/mol. The largest absolute Gasteiger partial charge is 0.480 e. The molecule has 2 N–H and O–H groups in total. The molecule has 1 atom stereocenters. The molecule has 1 amide bonds. The molecule has 1 heterocycles. The molecule has 0 aliphatic rings. The topological polar surface area (TPSA) is 97.8 Å². The first-order chi connectivity index (χ1) is 11.6. The number of aromatic nitrogens is 1. The van der Waals surface area contributed by atoms with Crippen LogP contribution in [0.1, 0.15) is 5.69 Å². The zero-order chi connectivity index (χ0) is 17.4. The Kier molecular flexibility index (Phi) is 6.65. The van der Waals surface area contributed by atoms with Crippen molar-refractivity contribution in [2.24, 2.45) is 0 Å². The minimum Gasteiger partial charge on any atom is -0.480 e. The number of fused-ring (bicyclic) bond motifs is 1. The number of benzene rings is 1. The Bertz CT molecular complexity index is 704. The Morgan fingerprint density at radius 1 is 1.21 bits per heavy atom. The molecule has 7 heteroatoms. The summed E-state index contributed by atoms with van der Waals surface area (Å²) in [7, 11) is 1.53. The van der Waals surface area contributed by atoms with Gasteiger partial charge in [0.25, 0.3) is 0 Å². The molecule has 0 spiro atoms. The van der Waals surface area contributed by atoms with Crippen LogP contribution in [0, 0.1) is 0 Å². The van der Waals surface area contributed by atoms with Crippen LogP contribution in [0.15, 0.2) is 36.4 Å². The standard InChI is InChI=1S/C17H20N2O5/c1-23-8-9-24-11-16(20)19-15(17(21)22)10-13-7-6-12-4-2-3-5-14(12)18-13/h2-7,15H,8-11H2,1H3,(H,19,20)(H,21,22)/t15-/m1/s1. The summed E-state index contributed by atoms with van der Waals surface area (Å²) in [5.74, 6) is -1.60. The summed E-state index contributed by atoms with van der Waals surface area (Å²) >= 11 is 0. The maximum atomic E-state index is 11.8. The SMILES string of the molecule is COCCOCC(=O)N[C@H](Cc1ccc2ccccc2n1)C(=O)O. The van der Waals surface area contributed by atoms with Gasteiger partial charge >= 0.3 is 5.97 Å². The van der Waals surface area contributed by atoms with Gasteiger partial charge in [0.15, 0.2) is 0 Å². The van der Waals surface area contributed by atoms with E-state index in [2.05, 4.69) is 10.3 Å². The molecule has 0 saturated carbocycles. The molecule has 0 bridgehead atoms. The quantitative estimate of drug-likeness (QED) is 0.665. The molecular formula is C17H20N2O5. The maximum absolute atomic E-state index is 11.8. The number of hydrogen-bond donors (Lipinski definition) is 2. The van der Waals surface area contributed by atoms with Crippen LogP contribution in [0.25, 0.3) is 10.9 Å². The van der Waals surface area contributed by atoms with Crippen molar-refractivity contribution in [3.05, 3.63) is 42.1 Å². The van der Waals surface area contributed by atoms with Gasteiger partial charge in [-0.1, -0.05) is 24.3 Å². The van der Waals surface area contributed by atoms with Gasteiger partial charge in [-0.25, -0.2) is 4.79 Å².